The van der Waals surface area contributed by atoms with Gasteiger partial charge in [-0.15, -0.1) is 0 Å². The Hall–Kier alpha value is -3.19. The third-order valence-corrected chi connectivity index (χ3v) is 6.17. The van der Waals surface area contributed by atoms with Gasteiger partial charge in [-0.25, -0.2) is 0 Å². The fourth-order valence-corrected chi connectivity index (χ4v) is 4.51. The van der Waals surface area contributed by atoms with Crippen LogP contribution in [-0.2, 0) is 4.79 Å². The molecule has 0 bridgehead atoms. The molecule has 1 fully saturated rings. The van der Waals surface area contributed by atoms with Gasteiger partial charge in [-0.2, -0.15) is 0 Å². The molecule has 2 aromatic carbocycles. The number of aromatic nitrogens is 1. The number of para-hydroxylation sites is 2. The van der Waals surface area contributed by atoms with Crippen molar-refractivity contribution in [2.45, 2.75) is 44.9 Å². The summed E-state index contributed by atoms with van der Waals surface area (Å²) in [6, 6.07) is 15.7. The summed E-state index contributed by atoms with van der Waals surface area (Å²) < 4.78 is 6.56. The van der Waals surface area contributed by atoms with Gasteiger partial charge in [-0.3, -0.25) is 4.79 Å². The number of fused-ring (bicyclic) bond motifs is 1. The normalized spacial score (nSPS) is 18.8. The summed E-state index contributed by atoms with van der Waals surface area (Å²) in [4.78, 5) is 20.5. The van der Waals surface area contributed by atoms with E-state index < -0.39 is 6.23 Å². The summed E-state index contributed by atoms with van der Waals surface area (Å²) in [5, 5.41) is 1.07. The highest BCUT2D eigenvalue weighted by molar-refractivity contribution is 5.81. The van der Waals surface area contributed by atoms with Crippen LogP contribution in [0.3, 0.4) is 0 Å². The lowest BCUT2D eigenvalue weighted by Gasteiger charge is -2.48. The number of carbonyl (C=O) groups is 1. The molecule has 1 amide bonds. The lowest BCUT2D eigenvalue weighted by atomic mass is 10.0. The fraction of sp³-hybridized carbons (Fsp3) is 0.400. The molecular formula is C25H33N5O2. The number of hydrogen-bond donors (Lipinski definition) is 3. The second-order valence-corrected chi connectivity index (χ2v) is 8.32. The number of nitrogen functional groups attached to an aromatic ring is 1. The molecule has 1 aliphatic rings. The number of nitrogens with two attached hydrogens (primary N) is 2. The second-order valence-electron chi connectivity index (χ2n) is 8.32. The van der Waals surface area contributed by atoms with Crippen molar-refractivity contribution in [2.24, 2.45) is 5.73 Å². The van der Waals surface area contributed by atoms with Crippen molar-refractivity contribution in [3.8, 4) is 5.75 Å². The highest BCUT2D eigenvalue weighted by Crippen LogP contribution is 2.32. The number of rotatable bonds is 8. The summed E-state index contributed by atoms with van der Waals surface area (Å²) in [6.07, 6.45) is 4.52. The van der Waals surface area contributed by atoms with Gasteiger partial charge in [-0.05, 0) is 55.8 Å². The molecule has 0 aliphatic carbocycles. The largest absolute Gasteiger partial charge is 0.468 e. The van der Waals surface area contributed by atoms with Gasteiger partial charge < -0.3 is 31.0 Å². The fourth-order valence-electron chi connectivity index (χ4n) is 4.51. The number of anilines is 2. The molecule has 0 radical (unpaired) electrons. The SMILES string of the molecule is CCCCC(=O)N1CCN(c2ccccc2N)C(CCN)C1Oc1ccc2[nH]ccc2c1. The van der Waals surface area contributed by atoms with E-state index in [-0.39, 0.29) is 11.9 Å². The lowest BCUT2D eigenvalue weighted by molar-refractivity contribution is -0.143. The molecule has 0 saturated carbocycles. The van der Waals surface area contributed by atoms with Crippen LogP contribution in [0.4, 0.5) is 11.4 Å². The highest BCUT2D eigenvalue weighted by atomic mass is 16.5. The number of aromatic amines is 1. The number of benzene rings is 2. The molecule has 32 heavy (non-hydrogen) atoms. The summed E-state index contributed by atoms with van der Waals surface area (Å²) in [5.41, 5.74) is 15.1. The number of unbranched alkanes of at least 4 members (excludes halogenated alkanes) is 1. The molecule has 1 saturated heterocycles. The quantitative estimate of drug-likeness (QED) is 0.468. The van der Waals surface area contributed by atoms with Crippen molar-refractivity contribution in [3.05, 3.63) is 54.7 Å². The molecule has 7 nitrogen and oxygen atoms in total. The first-order valence-corrected chi connectivity index (χ1v) is 11.5. The number of carbonyl (C=O) groups excluding carboxylic acids is 1. The number of nitrogens with zero attached hydrogens (tertiary/aromatic N) is 2. The van der Waals surface area contributed by atoms with Crippen LogP contribution in [0.15, 0.2) is 54.7 Å². The molecule has 2 unspecified atom stereocenters. The van der Waals surface area contributed by atoms with E-state index in [1.165, 1.54) is 0 Å². The first-order chi connectivity index (χ1) is 15.6. The van der Waals surface area contributed by atoms with Crippen molar-refractivity contribution in [1.29, 1.82) is 0 Å². The first-order valence-electron chi connectivity index (χ1n) is 11.5. The Labute approximate surface area is 189 Å². The second kappa shape index (κ2) is 9.96. The Balaban J connectivity index is 1.69. The van der Waals surface area contributed by atoms with E-state index in [1.807, 2.05) is 59.6 Å². The van der Waals surface area contributed by atoms with Gasteiger partial charge in [0.2, 0.25) is 5.91 Å². The predicted molar refractivity (Wildman–Crippen MR) is 130 cm³/mol. The van der Waals surface area contributed by atoms with Gasteiger partial charge in [0.15, 0.2) is 6.23 Å². The van der Waals surface area contributed by atoms with E-state index in [2.05, 4.69) is 16.8 Å². The zero-order valence-electron chi connectivity index (χ0n) is 18.7. The van der Waals surface area contributed by atoms with Crippen molar-refractivity contribution in [2.75, 3.05) is 30.3 Å². The van der Waals surface area contributed by atoms with Crippen LogP contribution < -0.4 is 21.1 Å². The molecule has 2 atom stereocenters. The summed E-state index contributed by atoms with van der Waals surface area (Å²) >= 11 is 0. The van der Waals surface area contributed by atoms with Crippen molar-refractivity contribution < 1.29 is 9.53 Å². The van der Waals surface area contributed by atoms with Crippen LogP contribution in [0.25, 0.3) is 10.9 Å². The maximum Gasteiger partial charge on any atom is 0.225 e. The van der Waals surface area contributed by atoms with Gasteiger partial charge in [0, 0.05) is 36.6 Å². The lowest BCUT2D eigenvalue weighted by Crippen LogP contribution is -2.64. The van der Waals surface area contributed by atoms with Gasteiger partial charge in [0.1, 0.15) is 5.75 Å². The third kappa shape index (κ3) is 4.53. The van der Waals surface area contributed by atoms with Crippen LogP contribution >= 0.6 is 0 Å². The number of H-pyrrole nitrogens is 1. The molecule has 4 rings (SSSR count). The molecular weight excluding hydrogens is 402 g/mol. The highest BCUT2D eigenvalue weighted by Gasteiger charge is 2.40. The van der Waals surface area contributed by atoms with Crippen molar-refractivity contribution >= 4 is 28.2 Å². The van der Waals surface area contributed by atoms with E-state index in [0.29, 0.717) is 38.2 Å². The summed E-state index contributed by atoms with van der Waals surface area (Å²) in [6.45, 7) is 3.85. The Bertz CT molecular complexity index is 1050. The zero-order chi connectivity index (χ0) is 22.5. The van der Waals surface area contributed by atoms with Gasteiger partial charge in [-0.1, -0.05) is 25.5 Å². The van der Waals surface area contributed by atoms with E-state index in [0.717, 1.165) is 35.2 Å². The Morgan fingerprint density at radius 3 is 2.81 bits per heavy atom. The third-order valence-electron chi connectivity index (χ3n) is 6.17. The molecule has 7 heteroatoms. The molecule has 1 aromatic heterocycles. The maximum absolute atomic E-state index is 13.2. The van der Waals surface area contributed by atoms with E-state index in [4.69, 9.17) is 16.2 Å². The average molecular weight is 436 g/mol. The minimum atomic E-state index is -0.451. The number of amides is 1. The van der Waals surface area contributed by atoms with E-state index in [9.17, 15) is 4.79 Å². The monoisotopic (exact) mass is 435 g/mol. The standard InChI is InChI=1S/C25H33N5O2/c1-2-3-8-24(31)30-16-15-29(22-7-5-4-6-20(22)27)23(11-13-26)25(30)32-19-9-10-21-18(17-19)12-14-28-21/h4-7,9-10,12,14,17,23,25,28H,2-3,8,11,13,15-16,26-27H2,1H3. The molecule has 0 spiro atoms. The van der Waals surface area contributed by atoms with Crippen LogP contribution in [-0.4, -0.2) is 47.7 Å². The zero-order valence-corrected chi connectivity index (χ0v) is 18.7. The van der Waals surface area contributed by atoms with Crippen LogP contribution in [0.5, 0.6) is 5.75 Å². The van der Waals surface area contributed by atoms with Crippen molar-refractivity contribution in [3.63, 3.8) is 0 Å². The smallest absolute Gasteiger partial charge is 0.225 e. The van der Waals surface area contributed by atoms with Gasteiger partial charge >= 0.3 is 0 Å². The molecule has 1 aliphatic heterocycles. The van der Waals surface area contributed by atoms with Crippen LogP contribution in [0.1, 0.15) is 32.6 Å². The van der Waals surface area contributed by atoms with Gasteiger partial charge in [0.25, 0.3) is 0 Å². The van der Waals surface area contributed by atoms with Gasteiger partial charge in [0.05, 0.1) is 17.4 Å². The van der Waals surface area contributed by atoms with E-state index in [1.54, 1.807) is 0 Å². The van der Waals surface area contributed by atoms with Crippen molar-refractivity contribution in [1.82, 2.24) is 9.88 Å². The summed E-state index contributed by atoms with van der Waals surface area (Å²) in [5.74, 6) is 0.863. The topological polar surface area (TPSA) is 101 Å². The minimum absolute atomic E-state index is 0.106. The predicted octanol–water partition coefficient (Wildman–Crippen LogP) is 3.71. The summed E-state index contributed by atoms with van der Waals surface area (Å²) in [7, 11) is 0. The van der Waals surface area contributed by atoms with Crippen LogP contribution in [0.2, 0.25) is 0 Å². The Kier molecular flexibility index (Phi) is 6.85. The molecule has 5 N–H and O–H groups in total. The number of hydrogen-bond acceptors (Lipinski definition) is 5. The van der Waals surface area contributed by atoms with Crippen LogP contribution in [0, 0.1) is 0 Å². The maximum atomic E-state index is 13.2. The Morgan fingerprint density at radius 2 is 2.03 bits per heavy atom. The number of nitrogens with one attached hydrogen (secondary N) is 1. The molecule has 2 heterocycles. The minimum Gasteiger partial charge on any atom is -0.468 e. The average Bonchev–Trinajstić information content (AvgIpc) is 3.27. The number of ether oxygens (including phenoxy) is 1. The Morgan fingerprint density at radius 1 is 1.19 bits per heavy atom. The number of piperazine rings is 1. The molecule has 3 aromatic rings. The first kappa shape index (κ1) is 22.0. The van der Waals surface area contributed by atoms with E-state index >= 15 is 0 Å². The molecule has 170 valence electrons.